The van der Waals surface area contributed by atoms with Crippen molar-refractivity contribution in [2.24, 2.45) is 5.41 Å². The topological polar surface area (TPSA) is 29.0 Å². The van der Waals surface area contributed by atoms with Gasteiger partial charge in [-0.15, -0.1) is 0 Å². The minimum atomic E-state index is 0.341. The molecule has 3 rings (SSSR count). The van der Waals surface area contributed by atoms with Crippen LogP contribution < -0.4 is 4.90 Å². The molecular weight excluding hydrogens is 306 g/mol. The Balaban J connectivity index is 0.000000338. The third-order valence-electron chi connectivity index (χ3n) is 3.35. The molecular formula is C19H26ClN3. The number of halogens is 1. The Morgan fingerprint density at radius 1 is 1.00 bits per heavy atom. The molecule has 1 aliphatic rings. The Bertz CT molecular complexity index is 642. The van der Waals surface area contributed by atoms with Gasteiger partial charge in [0, 0.05) is 18.3 Å². The molecule has 0 saturated carbocycles. The summed E-state index contributed by atoms with van der Waals surface area (Å²) in [7, 11) is 2.02. The van der Waals surface area contributed by atoms with Crippen LogP contribution in [0.4, 0.5) is 11.5 Å². The molecule has 23 heavy (non-hydrogen) atoms. The Hall–Kier alpha value is -1.61. The number of hydrogen-bond donors (Lipinski definition) is 0. The van der Waals surface area contributed by atoms with Crippen molar-refractivity contribution in [2.45, 2.75) is 47.0 Å². The van der Waals surface area contributed by atoms with Crippen molar-refractivity contribution >= 4 is 23.1 Å². The number of para-hydroxylation sites is 1. The fraction of sp³-hybridized carbons (Fsp3) is 0.474. The predicted molar refractivity (Wildman–Crippen MR) is 98.7 cm³/mol. The molecule has 0 bridgehead atoms. The van der Waals surface area contributed by atoms with E-state index in [0.29, 0.717) is 10.7 Å². The summed E-state index contributed by atoms with van der Waals surface area (Å²) in [5, 5.41) is 0.341. The maximum atomic E-state index is 6.01. The van der Waals surface area contributed by atoms with Crippen LogP contribution in [-0.2, 0) is 12.8 Å². The van der Waals surface area contributed by atoms with E-state index in [9.17, 15) is 0 Å². The van der Waals surface area contributed by atoms with E-state index in [2.05, 4.69) is 54.7 Å². The van der Waals surface area contributed by atoms with Gasteiger partial charge in [-0.2, -0.15) is 4.98 Å². The van der Waals surface area contributed by atoms with Crippen molar-refractivity contribution in [3.63, 3.8) is 0 Å². The summed E-state index contributed by atoms with van der Waals surface area (Å²) >= 11 is 6.01. The molecule has 3 nitrogen and oxygen atoms in total. The Labute approximate surface area is 144 Å². The average Bonchev–Trinajstić information content (AvgIpc) is 2.93. The lowest BCUT2D eigenvalue weighted by Crippen LogP contribution is -2.14. The van der Waals surface area contributed by atoms with Crippen LogP contribution in [-0.4, -0.2) is 17.0 Å². The van der Waals surface area contributed by atoms with Crippen molar-refractivity contribution in [2.75, 3.05) is 11.9 Å². The largest absolute Gasteiger partial charge is 0.329 e. The van der Waals surface area contributed by atoms with E-state index in [0.717, 1.165) is 36.5 Å². The predicted octanol–water partition coefficient (Wildman–Crippen LogP) is 5.44. The Kier molecular flexibility index (Phi) is 5.64. The van der Waals surface area contributed by atoms with E-state index >= 15 is 0 Å². The van der Waals surface area contributed by atoms with Gasteiger partial charge in [-0.1, -0.05) is 45.9 Å². The minimum absolute atomic E-state index is 0.341. The zero-order chi connectivity index (χ0) is 17.0. The van der Waals surface area contributed by atoms with E-state index in [1.54, 1.807) is 0 Å². The molecule has 1 aromatic heterocycles. The second-order valence-corrected chi connectivity index (χ2v) is 7.83. The number of nitrogens with zero attached hydrogens (tertiary/aromatic N) is 3. The Morgan fingerprint density at radius 3 is 2.22 bits per heavy atom. The number of rotatable bonds is 2. The molecule has 0 aliphatic heterocycles. The van der Waals surface area contributed by atoms with Crippen LogP contribution in [0.25, 0.3) is 0 Å². The standard InChI is InChI=1S/C14H14ClN3.C5H12/c1-18(10-6-3-2-4-7-10)13-11-8-5-9-12(11)16-14(15)17-13;1-5(2,3)4/h2-4,6-7H,5,8-9H2,1H3;1-4H3. The summed E-state index contributed by atoms with van der Waals surface area (Å²) in [6.45, 7) is 8.75. The third kappa shape index (κ3) is 5.21. The molecule has 0 radical (unpaired) electrons. The van der Waals surface area contributed by atoms with Gasteiger partial charge in [-0.25, -0.2) is 4.98 Å². The normalized spacial score (nSPS) is 13.1. The van der Waals surface area contributed by atoms with Crippen LogP contribution in [0, 0.1) is 5.41 Å². The van der Waals surface area contributed by atoms with Crippen LogP contribution in [0.2, 0.25) is 5.28 Å². The lowest BCUT2D eigenvalue weighted by molar-refractivity contribution is 0.469. The van der Waals surface area contributed by atoms with Gasteiger partial charge in [-0.05, 0) is 48.4 Å². The van der Waals surface area contributed by atoms with Gasteiger partial charge in [0.2, 0.25) is 5.28 Å². The SMILES string of the molecule is CC(C)(C)C.CN(c1ccccc1)c1nc(Cl)nc2c1CCC2. The lowest BCUT2D eigenvalue weighted by atomic mass is 10.0. The van der Waals surface area contributed by atoms with E-state index in [4.69, 9.17) is 11.6 Å². The summed E-state index contributed by atoms with van der Waals surface area (Å²) in [5.74, 6) is 0.939. The average molecular weight is 332 g/mol. The first kappa shape index (κ1) is 17.7. The molecule has 0 fully saturated rings. The third-order valence-corrected chi connectivity index (χ3v) is 3.51. The van der Waals surface area contributed by atoms with Crippen LogP contribution in [0.1, 0.15) is 45.4 Å². The van der Waals surface area contributed by atoms with Crippen LogP contribution >= 0.6 is 11.6 Å². The van der Waals surface area contributed by atoms with Gasteiger partial charge in [-0.3, -0.25) is 0 Å². The molecule has 1 aromatic carbocycles. The van der Waals surface area contributed by atoms with E-state index in [1.807, 2.05) is 25.2 Å². The van der Waals surface area contributed by atoms with E-state index in [1.165, 1.54) is 5.56 Å². The van der Waals surface area contributed by atoms with Gasteiger partial charge in [0.25, 0.3) is 0 Å². The summed E-state index contributed by atoms with van der Waals surface area (Å²) in [6.07, 6.45) is 3.19. The number of aryl methyl sites for hydroxylation is 1. The quantitative estimate of drug-likeness (QED) is 0.686. The second kappa shape index (κ2) is 7.31. The Morgan fingerprint density at radius 2 is 1.61 bits per heavy atom. The van der Waals surface area contributed by atoms with Crippen molar-refractivity contribution in [3.8, 4) is 0 Å². The summed E-state index contributed by atoms with van der Waals surface area (Å²) < 4.78 is 0. The number of benzene rings is 1. The molecule has 1 heterocycles. The number of aromatic nitrogens is 2. The molecule has 4 heteroatoms. The van der Waals surface area contributed by atoms with Crippen LogP contribution in [0.3, 0.4) is 0 Å². The van der Waals surface area contributed by atoms with Gasteiger partial charge < -0.3 is 4.90 Å². The highest BCUT2D eigenvalue weighted by Crippen LogP contribution is 2.32. The minimum Gasteiger partial charge on any atom is -0.329 e. The fourth-order valence-corrected chi connectivity index (χ4v) is 2.62. The van der Waals surface area contributed by atoms with Crippen molar-refractivity contribution in [1.29, 1.82) is 0 Å². The van der Waals surface area contributed by atoms with Gasteiger partial charge in [0.15, 0.2) is 0 Å². The zero-order valence-corrected chi connectivity index (χ0v) is 15.5. The molecule has 1 aliphatic carbocycles. The molecule has 124 valence electrons. The summed E-state index contributed by atoms with van der Waals surface area (Å²) in [5.41, 5.74) is 3.96. The smallest absolute Gasteiger partial charge is 0.224 e. The maximum Gasteiger partial charge on any atom is 0.224 e. The molecule has 0 N–H and O–H groups in total. The van der Waals surface area contributed by atoms with Crippen molar-refractivity contribution in [1.82, 2.24) is 9.97 Å². The highest BCUT2D eigenvalue weighted by molar-refractivity contribution is 6.28. The van der Waals surface area contributed by atoms with Gasteiger partial charge in [0.05, 0.1) is 5.69 Å². The highest BCUT2D eigenvalue weighted by Gasteiger charge is 2.21. The molecule has 0 atom stereocenters. The summed E-state index contributed by atoms with van der Waals surface area (Å²) in [4.78, 5) is 10.8. The van der Waals surface area contributed by atoms with Gasteiger partial charge >= 0.3 is 0 Å². The molecule has 0 unspecified atom stereocenters. The van der Waals surface area contributed by atoms with Crippen molar-refractivity contribution < 1.29 is 0 Å². The van der Waals surface area contributed by atoms with Crippen LogP contribution in [0.5, 0.6) is 0 Å². The zero-order valence-electron chi connectivity index (χ0n) is 14.7. The number of fused-ring (bicyclic) bond motifs is 1. The van der Waals surface area contributed by atoms with Crippen LogP contribution in [0.15, 0.2) is 30.3 Å². The van der Waals surface area contributed by atoms with E-state index in [-0.39, 0.29) is 0 Å². The molecule has 0 spiro atoms. The maximum absolute atomic E-state index is 6.01. The highest BCUT2D eigenvalue weighted by atomic mass is 35.5. The van der Waals surface area contributed by atoms with Crippen molar-refractivity contribution in [3.05, 3.63) is 46.9 Å². The second-order valence-electron chi connectivity index (χ2n) is 7.49. The molecule has 2 aromatic rings. The molecule has 0 saturated heterocycles. The fourth-order valence-electron chi connectivity index (χ4n) is 2.43. The lowest BCUT2D eigenvalue weighted by Gasteiger charge is -2.21. The first-order chi connectivity index (χ1) is 10.8. The van der Waals surface area contributed by atoms with Gasteiger partial charge in [0.1, 0.15) is 5.82 Å². The number of anilines is 2. The first-order valence-electron chi connectivity index (χ1n) is 8.10. The number of hydrogen-bond acceptors (Lipinski definition) is 3. The monoisotopic (exact) mass is 331 g/mol. The first-order valence-corrected chi connectivity index (χ1v) is 8.47. The molecule has 0 amide bonds. The van der Waals surface area contributed by atoms with E-state index < -0.39 is 0 Å². The summed E-state index contributed by atoms with van der Waals surface area (Å²) in [6, 6.07) is 10.2.